The van der Waals surface area contributed by atoms with Gasteiger partial charge in [0.05, 0.1) is 0 Å². The van der Waals surface area contributed by atoms with E-state index in [-0.39, 0.29) is 5.91 Å². The number of hydrogen-bond donors (Lipinski definition) is 0. The van der Waals surface area contributed by atoms with Crippen LogP contribution in [-0.2, 0) is 4.79 Å². The molecule has 0 spiro atoms. The van der Waals surface area contributed by atoms with E-state index >= 15 is 0 Å². The molecule has 18 heavy (non-hydrogen) atoms. The van der Waals surface area contributed by atoms with E-state index in [0.717, 1.165) is 18.4 Å². The summed E-state index contributed by atoms with van der Waals surface area (Å²) < 4.78 is 0. The number of carbonyl (C=O) groups is 1. The van der Waals surface area contributed by atoms with Crippen LogP contribution in [0.1, 0.15) is 40.0 Å². The topological polar surface area (TPSA) is 20.3 Å². The minimum absolute atomic E-state index is 0.114. The van der Waals surface area contributed by atoms with E-state index in [4.69, 9.17) is 0 Å². The van der Waals surface area contributed by atoms with Gasteiger partial charge in [-0.3, -0.25) is 4.79 Å². The highest BCUT2D eigenvalue weighted by atomic mass is 16.2. The van der Waals surface area contributed by atoms with E-state index in [1.807, 2.05) is 0 Å². The van der Waals surface area contributed by atoms with Crippen molar-refractivity contribution in [3.05, 3.63) is 24.4 Å². The Labute approximate surface area is 111 Å². The highest BCUT2D eigenvalue weighted by Gasteiger charge is 2.45. The lowest BCUT2D eigenvalue weighted by Gasteiger charge is -2.28. The summed E-state index contributed by atoms with van der Waals surface area (Å²) in [5.74, 6) is 3.18. The fourth-order valence-corrected chi connectivity index (χ4v) is 3.51. The van der Waals surface area contributed by atoms with Gasteiger partial charge in [-0.2, -0.15) is 0 Å². The van der Waals surface area contributed by atoms with Crippen molar-refractivity contribution < 1.29 is 4.79 Å². The molecule has 0 aromatic heterocycles. The average molecular weight is 247 g/mol. The summed E-state index contributed by atoms with van der Waals surface area (Å²) >= 11 is 0. The molecule has 2 aliphatic carbocycles. The predicted octanol–water partition coefficient (Wildman–Crippen LogP) is 3.61. The minimum Gasteiger partial charge on any atom is -0.320 e. The molecule has 0 bridgehead atoms. The summed E-state index contributed by atoms with van der Waals surface area (Å²) in [7, 11) is 0. The van der Waals surface area contributed by atoms with Crippen molar-refractivity contribution in [2.45, 2.75) is 40.0 Å². The molecular weight excluding hydrogens is 222 g/mol. The summed E-state index contributed by atoms with van der Waals surface area (Å²) in [5.41, 5.74) is 1.55. The average Bonchev–Trinajstić information content (AvgIpc) is 3.04. The van der Waals surface area contributed by atoms with Gasteiger partial charge in [0.2, 0.25) is 5.91 Å². The molecule has 0 N–H and O–H groups in total. The zero-order valence-corrected chi connectivity index (χ0v) is 11.9. The Bertz CT molecular complexity index is 371. The van der Waals surface area contributed by atoms with E-state index < -0.39 is 0 Å². The van der Waals surface area contributed by atoms with Gasteiger partial charge in [-0.15, -0.1) is 0 Å². The molecule has 0 radical (unpaired) electrons. The third kappa shape index (κ3) is 2.85. The minimum atomic E-state index is 0.114. The standard InChI is InChI=1S/C16H25NO/c1-5-17(13(4)18)10-14-9-16(14)15-7-6-11(2)8-12(15)3/h5,8,12,14-16H,1,6-7,9-10H2,2-4H3. The molecule has 1 fully saturated rings. The molecule has 0 aromatic rings. The number of amides is 1. The second kappa shape index (κ2) is 5.29. The maximum atomic E-state index is 11.4. The molecular formula is C16H25NO. The van der Waals surface area contributed by atoms with Crippen LogP contribution >= 0.6 is 0 Å². The van der Waals surface area contributed by atoms with Crippen molar-refractivity contribution in [1.29, 1.82) is 0 Å². The zero-order valence-electron chi connectivity index (χ0n) is 11.9. The Morgan fingerprint density at radius 1 is 1.56 bits per heavy atom. The molecule has 0 aliphatic heterocycles. The quantitative estimate of drug-likeness (QED) is 0.695. The Hall–Kier alpha value is -1.05. The fourth-order valence-electron chi connectivity index (χ4n) is 3.51. The van der Waals surface area contributed by atoms with Crippen LogP contribution < -0.4 is 0 Å². The number of hydrogen-bond acceptors (Lipinski definition) is 1. The molecule has 2 nitrogen and oxygen atoms in total. The summed E-state index contributed by atoms with van der Waals surface area (Å²) in [6, 6.07) is 0. The lowest BCUT2D eigenvalue weighted by atomic mass is 9.78. The lowest BCUT2D eigenvalue weighted by molar-refractivity contribution is -0.126. The first-order valence-corrected chi connectivity index (χ1v) is 7.10. The van der Waals surface area contributed by atoms with Crippen molar-refractivity contribution in [3.8, 4) is 0 Å². The summed E-state index contributed by atoms with van der Waals surface area (Å²) in [6.07, 6.45) is 8.00. The van der Waals surface area contributed by atoms with Crippen LogP contribution in [0.5, 0.6) is 0 Å². The zero-order chi connectivity index (χ0) is 13.3. The number of allylic oxidation sites excluding steroid dienone is 2. The Kier molecular flexibility index (Phi) is 3.94. The largest absolute Gasteiger partial charge is 0.320 e. The molecule has 2 rings (SSSR count). The first kappa shape index (κ1) is 13.4. The van der Waals surface area contributed by atoms with Gasteiger partial charge in [-0.1, -0.05) is 25.2 Å². The Balaban J connectivity index is 1.88. The second-order valence-corrected chi connectivity index (χ2v) is 6.09. The van der Waals surface area contributed by atoms with Crippen molar-refractivity contribution >= 4 is 5.91 Å². The van der Waals surface area contributed by atoms with Gasteiger partial charge >= 0.3 is 0 Å². The first-order valence-electron chi connectivity index (χ1n) is 7.10. The van der Waals surface area contributed by atoms with E-state index in [2.05, 4.69) is 26.5 Å². The summed E-state index contributed by atoms with van der Waals surface area (Å²) in [5, 5.41) is 0. The molecule has 2 heteroatoms. The third-order valence-electron chi connectivity index (χ3n) is 4.68. The van der Waals surface area contributed by atoms with Crippen LogP contribution in [0.15, 0.2) is 24.4 Å². The Morgan fingerprint density at radius 3 is 2.83 bits per heavy atom. The maximum absolute atomic E-state index is 11.4. The first-order chi connectivity index (χ1) is 8.52. The normalized spacial score (nSPS) is 34.7. The van der Waals surface area contributed by atoms with Gasteiger partial charge in [0.1, 0.15) is 0 Å². The number of carbonyl (C=O) groups excluding carboxylic acids is 1. The van der Waals surface area contributed by atoms with Crippen molar-refractivity contribution in [1.82, 2.24) is 4.90 Å². The monoisotopic (exact) mass is 247 g/mol. The second-order valence-electron chi connectivity index (χ2n) is 6.09. The van der Waals surface area contributed by atoms with Gasteiger partial charge in [0.15, 0.2) is 0 Å². The van der Waals surface area contributed by atoms with Gasteiger partial charge in [0.25, 0.3) is 0 Å². The highest BCUT2D eigenvalue weighted by Crippen LogP contribution is 2.51. The van der Waals surface area contributed by atoms with Crippen molar-refractivity contribution in [2.75, 3.05) is 6.54 Å². The smallest absolute Gasteiger partial charge is 0.223 e. The predicted molar refractivity (Wildman–Crippen MR) is 74.8 cm³/mol. The number of nitrogens with zero attached hydrogens (tertiary/aromatic N) is 1. The van der Waals surface area contributed by atoms with Gasteiger partial charge in [0, 0.05) is 13.5 Å². The third-order valence-corrected chi connectivity index (χ3v) is 4.68. The van der Waals surface area contributed by atoms with Gasteiger partial charge in [-0.05, 0) is 56.1 Å². The van der Waals surface area contributed by atoms with Gasteiger partial charge in [-0.25, -0.2) is 0 Å². The van der Waals surface area contributed by atoms with E-state index in [9.17, 15) is 4.79 Å². The maximum Gasteiger partial charge on any atom is 0.223 e. The van der Waals surface area contributed by atoms with Crippen molar-refractivity contribution in [2.24, 2.45) is 23.7 Å². The molecule has 1 amide bonds. The van der Waals surface area contributed by atoms with E-state index in [0.29, 0.717) is 11.8 Å². The summed E-state index contributed by atoms with van der Waals surface area (Å²) in [4.78, 5) is 13.1. The molecule has 0 saturated heterocycles. The molecule has 4 atom stereocenters. The fraction of sp³-hybridized carbons (Fsp3) is 0.688. The van der Waals surface area contributed by atoms with Crippen LogP contribution in [-0.4, -0.2) is 17.4 Å². The number of rotatable bonds is 4. The van der Waals surface area contributed by atoms with Crippen LogP contribution in [0.25, 0.3) is 0 Å². The van der Waals surface area contributed by atoms with E-state index in [1.54, 1.807) is 23.6 Å². The van der Waals surface area contributed by atoms with Gasteiger partial charge < -0.3 is 4.90 Å². The van der Waals surface area contributed by atoms with E-state index in [1.165, 1.54) is 19.3 Å². The van der Waals surface area contributed by atoms with Crippen LogP contribution in [0.2, 0.25) is 0 Å². The lowest BCUT2D eigenvalue weighted by Crippen LogP contribution is -2.26. The molecule has 0 aromatic carbocycles. The van der Waals surface area contributed by atoms with Crippen LogP contribution in [0, 0.1) is 23.7 Å². The van der Waals surface area contributed by atoms with Crippen molar-refractivity contribution in [3.63, 3.8) is 0 Å². The molecule has 2 aliphatic rings. The Morgan fingerprint density at radius 2 is 2.28 bits per heavy atom. The SMILES string of the molecule is C=CN(CC1CC1C1CCC(C)=CC1C)C(C)=O. The molecule has 0 heterocycles. The highest BCUT2D eigenvalue weighted by molar-refractivity contribution is 5.74. The van der Waals surface area contributed by atoms with Crippen LogP contribution in [0.4, 0.5) is 0 Å². The summed E-state index contributed by atoms with van der Waals surface area (Å²) in [6.45, 7) is 10.8. The molecule has 1 saturated carbocycles. The van der Waals surface area contributed by atoms with Crippen LogP contribution in [0.3, 0.4) is 0 Å². The molecule has 4 unspecified atom stereocenters. The molecule has 100 valence electrons.